The first kappa shape index (κ1) is 12.2. The minimum atomic E-state index is -0.942. The zero-order chi connectivity index (χ0) is 12.5. The number of hydrogen-bond donors (Lipinski definition) is 2. The van der Waals surface area contributed by atoms with Crippen LogP contribution in [0.4, 0.5) is 10.1 Å². The third-order valence-electron chi connectivity index (χ3n) is 3.15. The molecule has 17 heavy (non-hydrogen) atoms. The largest absolute Gasteiger partial charge is 0.479 e. The van der Waals surface area contributed by atoms with E-state index in [0.717, 1.165) is 5.75 Å². The van der Waals surface area contributed by atoms with Gasteiger partial charge in [-0.1, -0.05) is 6.92 Å². The summed E-state index contributed by atoms with van der Waals surface area (Å²) in [6.45, 7) is 1.91. The van der Waals surface area contributed by atoms with Crippen LogP contribution in [0.15, 0.2) is 24.3 Å². The van der Waals surface area contributed by atoms with Gasteiger partial charge in [0.25, 0.3) is 0 Å². The van der Waals surface area contributed by atoms with Crippen molar-refractivity contribution in [3.63, 3.8) is 0 Å². The van der Waals surface area contributed by atoms with Gasteiger partial charge < -0.3 is 10.4 Å². The molecule has 0 bridgehead atoms. The molecule has 1 saturated heterocycles. The normalized spacial score (nSPS) is 28.0. The first-order valence-electron chi connectivity index (χ1n) is 5.43. The highest BCUT2D eigenvalue weighted by Crippen LogP contribution is 2.38. The summed E-state index contributed by atoms with van der Waals surface area (Å²) in [6, 6.07) is 5.78. The Labute approximate surface area is 103 Å². The maximum atomic E-state index is 12.8. The maximum absolute atomic E-state index is 12.8. The first-order valence-corrected chi connectivity index (χ1v) is 6.48. The number of halogens is 1. The number of benzene rings is 1. The summed E-state index contributed by atoms with van der Waals surface area (Å²) in [5, 5.41) is 12.4. The van der Waals surface area contributed by atoms with Gasteiger partial charge in [-0.05, 0) is 36.4 Å². The van der Waals surface area contributed by atoms with Crippen LogP contribution in [-0.2, 0) is 4.79 Å². The summed E-state index contributed by atoms with van der Waals surface area (Å²) in [6.07, 6.45) is 0.575. The summed E-state index contributed by atoms with van der Waals surface area (Å²) in [4.78, 5) is 11.5. The fourth-order valence-electron chi connectivity index (χ4n) is 2.03. The monoisotopic (exact) mass is 255 g/mol. The molecule has 0 amide bonds. The highest BCUT2D eigenvalue weighted by atomic mass is 32.2. The van der Waals surface area contributed by atoms with Gasteiger partial charge in [-0.15, -0.1) is 0 Å². The van der Waals surface area contributed by atoms with Crippen LogP contribution in [0, 0.1) is 5.82 Å². The summed E-state index contributed by atoms with van der Waals surface area (Å²) in [5.74, 6) is -0.352. The van der Waals surface area contributed by atoms with Crippen molar-refractivity contribution < 1.29 is 14.3 Å². The Balaban J connectivity index is 2.24. The molecule has 92 valence electrons. The molecule has 0 radical (unpaired) electrons. The molecule has 1 aliphatic heterocycles. The van der Waals surface area contributed by atoms with Crippen molar-refractivity contribution in [2.24, 2.45) is 0 Å². The van der Waals surface area contributed by atoms with Gasteiger partial charge in [-0.25, -0.2) is 9.18 Å². The first-order chi connectivity index (χ1) is 8.04. The third kappa shape index (κ3) is 2.24. The lowest BCUT2D eigenvalue weighted by Crippen LogP contribution is -2.50. The Morgan fingerprint density at radius 2 is 2.18 bits per heavy atom. The smallest absolute Gasteiger partial charge is 0.330 e. The number of rotatable bonds is 3. The summed E-state index contributed by atoms with van der Waals surface area (Å²) < 4.78 is 12.8. The van der Waals surface area contributed by atoms with E-state index in [0.29, 0.717) is 12.1 Å². The summed E-state index contributed by atoms with van der Waals surface area (Å²) in [7, 11) is 0. The van der Waals surface area contributed by atoms with Crippen molar-refractivity contribution in [3.8, 4) is 0 Å². The molecule has 0 aliphatic carbocycles. The summed E-state index contributed by atoms with van der Waals surface area (Å²) >= 11 is 1.64. The van der Waals surface area contributed by atoms with Crippen molar-refractivity contribution in [2.45, 2.75) is 24.1 Å². The molecule has 1 aromatic rings. The molecule has 2 N–H and O–H groups in total. The number of thioether (sulfide) groups is 1. The molecule has 2 rings (SSSR count). The van der Waals surface area contributed by atoms with E-state index in [-0.39, 0.29) is 11.1 Å². The standard InChI is InChI=1S/C12H14FNO2S/c1-8-12(11(15)16,6-7-17-8)14-10-4-2-9(13)3-5-10/h2-5,8,14H,6-7H2,1H3,(H,15,16). The zero-order valence-electron chi connectivity index (χ0n) is 9.44. The van der Waals surface area contributed by atoms with Gasteiger partial charge in [0, 0.05) is 10.9 Å². The predicted molar refractivity (Wildman–Crippen MR) is 66.9 cm³/mol. The molecule has 2 atom stereocenters. The van der Waals surface area contributed by atoms with Crippen LogP contribution in [0.3, 0.4) is 0 Å². The molecule has 1 heterocycles. The van der Waals surface area contributed by atoms with Gasteiger partial charge in [0.2, 0.25) is 0 Å². The Bertz CT molecular complexity index is 423. The maximum Gasteiger partial charge on any atom is 0.330 e. The van der Waals surface area contributed by atoms with Crippen molar-refractivity contribution in [1.82, 2.24) is 0 Å². The summed E-state index contributed by atoms with van der Waals surface area (Å²) in [5.41, 5.74) is -0.300. The molecular weight excluding hydrogens is 241 g/mol. The van der Waals surface area contributed by atoms with E-state index in [2.05, 4.69) is 5.32 Å². The van der Waals surface area contributed by atoms with E-state index < -0.39 is 11.5 Å². The van der Waals surface area contributed by atoms with Crippen molar-refractivity contribution in [1.29, 1.82) is 0 Å². The van der Waals surface area contributed by atoms with Crippen LogP contribution in [0.2, 0.25) is 0 Å². The number of hydrogen-bond acceptors (Lipinski definition) is 3. The molecule has 3 nitrogen and oxygen atoms in total. The highest BCUT2D eigenvalue weighted by molar-refractivity contribution is 8.00. The minimum Gasteiger partial charge on any atom is -0.479 e. The van der Waals surface area contributed by atoms with E-state index in [1.165, 1.54) is 12.1 Å². The average molecular weight is 255 g/mol. The second kappa shape index (κ2) is 4.56. The van der Waals surface area contributed by atoms with Crippen LogP contribution in [0.1, 0.15) is 13.3 Å². The number of carbonyl (C=O) groups is 1. The Morgan fingerprint density at radius 1 is 1.53 bits per heavy atom. The van der Waals surface area contributed by atoms with Gasteiger partial charge in [-0.3, -0.25) is 0 Å². The van der Waals surface area contributed by atoms with Crippen LogP contribution in [-0.4, -0.2) is 27.6 Å². The third-order valence-corrected chi connectivity index (χ3v) is 4.49. The van der Waals surface area contributed by atoms with E-state index in [1.54, 1.807) is 23.9 Å². The molecule has 2 unspecified atom stereocenters. The Hall–Kier alpha value is -1.23. The fraction of sp³-hybridized carbons (Fsp3) is 0.417. The second-order valence-electron chi connectivity index (χ2n) is 4.17. The molecule has 1 aliphatic rings. The number of anilines is 1. The lowest BCUT2D eigenvalue weighted by atomic mass is 9.92. The van der Waals surface area contributed by atoms with Crippen LogP contribution < -0.4 is 5.32 Å². The molecule has 0 aromatic heterocycles. The van der Waals surface area contributed by atoms with Crippen molar-refractivity contribution in [3.05, 3.63) is 30.1 Å². The van der Waals surface area contributed by atoms with Crippen molar-refractivity contribution >= 4 is 23.4 Å². The van der Waals surface area contributed by atoms with Crippen LogP contribution >= 0.6 is 11.8 Å². The number of carboxylic acid groups (broad SMARTS) is 1. The topological polar surface area (TPSA) is 49.3 Å². The zero-order valence-corrected chi connectivity index (χ0v) is 10.3. The Morgan fingerprint density at radius 3 is 2.65 bits per heavy atom. The predicted octanol–water partition coefficient (Wildman–Crippen LogP) is 2.59. The number of carboxylic acids is 1. The van der Waals surface area contributed by atoms with E-state index in [1.807, 2.05) is 6.92 Å². The van der Waals surface area contributed by atoms with Gasteiger partial charge in [-0.2, -0.15) is 11.8 Å². The minimum absolute atomic E-state index is 0.00921. The van der Waals surface area contributed by atoms with E-state index >= 15 is 0 Å². The van der Waals surface area contributed by atoms with Gasteiger partial charge in [0.15, 0.2) is 0 Å². The van der Waals surface area contributed by atoms with Gasteiger partial charge in [0.05, 0.1) is 0 Å². The molecule has 0 spiro atoms. The number of aliphatic carboxylic acids is 1. The molecule has 5 heteroatoms. The molecule has 1 fully saturated rings. The van der Waals surface area contributed by atoms with E-state index in [9.17, 15) is 14.3 Å². The lowest BCUT2D eigenvalue weighted by Gasteiger charge is -2.30. The fourth-order valence-corrected chi connectivity index (χ4v) is 3.39. The van der Waals surface area contributed by atoms with E-state index in [4.69, 9.17) is 0 Å². The Kier molecular flexibility index (Phi) is 3.28. The molecule has 1 aromatic carbocycles. The van der Waals surface area contributed by atoms with Crippen LogP contribution in [0.5, 0.6) is 0 Å². The van der Waals surface area contributed by atoms with Gasteiger partial charge in [0.1, 0.15) is 11.4 Å². The average Bonchev–Trinajstić information content (AvgIpc) is 2.65. The SMILES string of the molecule is CC1SCCC1(Nc1ccc(F)cc1)C(=O)O. The highest BCUT2D eigenvalue weighted by Gasteiger charge is 2.47. The van der Waals surface area contributed by atoms with Crippen LogP contribution in [0.25, 0.3) is 0 Å². The quantitative estimate of drug-likeness (QED) is 0.871. The van der Waals surface area contributed by atoms with Gasteiger partial charge >= 0.3 is 5.97 Å². The lowest BCUT2D eigenvalue weighted by molar-refractivity contribution is -0.142. The van der Waals surface area contributed by atoms with Crippen molar-refractivity contribution in [2.75, 3.05) is 11.1 Å². The molecular formula is C12H14FNO2S. The molecule has 0 saturated carbocycles. The number of nitrogens with one attached hydrogen (secondary N) is 1. The second-order valence-corrected chi connectivity index (χ2v) is 5.62.